The standard InChI is InChI=1S/C15H14F3NO2/c1-20-12-6-5-10(14(19)8-12)9-21-13-4-2-3-11(7-13)15(16,17)18/h2-8H,9,19H2,1H3. The summed E-state index contributed by atoms with van der Waals surface area (Å²) in [5.41, 5.74) is 6.21. The highest BCUT2D eigenvalue weighted by Gasteiger charge is 2.30. The molecule has 3 nitrogen and oxygen atoms in total. The third-order valence-electron chi connectivity index (χ3n) is 2.91. The van der Waals surface area contributed by atoms with Crippen molar-refractivity contribution < 1.29 is 22.6 Å². The molecule has 0 heterocycles. The van der Waals surface area contributed by atoms with Crippen LogP contribution in [0.3, 0.4) is 0 Å². The minimum Gasteiger partial charge on any atom is -0.497 e. The average Bonchev–Trinajstić information content (AvgIpc) is 2.45. The van der Waals surface area contributed by atoms with E-state index in [0.29, 0.717) is 17.0 Å². The van der Waals surface area contributed by atoms with Crippen molar-refractivity contribution in [3.63, 3.8) is 0 Å². The Kier molecular flexibility index (Phi) is 4.26. The Hall–Kier alpha value is -2.37. The number of hydrogen-bond acceptors (Lipinski definition) is 3. The molecule has 2 rings (SSSR count). The molecule has 2 aromatic carbocycles. The zero-order valence-electron chi connectivity index (χ0n) is 11.3. The number of ether oxygens (including phenoxy) is 2. The summed E-state index contributed by atoms with van der Waals surface area (Å²) in [5.74, 6) is 0.746. The molecule has 2 N–H and O–H groups in total. The molecule has 0 aliphatic rings. The van der Waals surface area contributed by atoms with Crippen molar-refractivity contribution in [3.8, 4) is 11.5 Å². The van der Waals surface area contributed by atoms with Gasteiger partial charge in [0.25, 0.3) is 0 Å². The molecule has 0 aromatic heterocycles. The highest BCUT2D eigenvalue weighted by molar-refractivity contribution is 5.51. The van der Waals surface area contributed by atoms with Crippen molar-refractivity contribution >= 4 is 5.69 Å². The van der Waals surface area contributed by atoms with Crippen LogP contribution >= 0.6 is 0 Å². The summed E-state index contributed by atoms with van der Waals surface area (Å²) >= 11 is 0. The number of halogens is 3. The van der Waals surface area contributed by atoms with E-state index < -0.39 is 11.7 Å². The lowest BCUT2D eigenvalue weighted by atomic mass is 10.2. The quantitative estimate of drug-likeness (QED) is 0.871. The Morgan fingerprint density at radius 3 is 2.43 bits per heavy atom. The van der Waals surface area contributed by atoms with Gasteiger partial charge < -0.3 is 15.2 Å². The monoisotopic (exact) mass is 297 g/mol. The third-order valence-corrected chi connectivity index (χ3v) is 2.91. The first-order valence-corrected chi connectivity index (χ1v) is 6.12. The third kappa shape index (κ3) is 3.81. The summed E-state index contributed by atoms with van der Waals surface area (Å²) in [5, 5.41) is 0. The highest BCUT2D eigenvalue weighted by atomic mass is 19.4. The molecule has 0 spiro atoms. The summed E-state index contributed by atoms with van der Waals surface area (Å²) in [6.07, 6.45) is -4.39. The second kappa shape index (κ2) is 5.95. The van der Waals surface area contributed by atoms with E-state index in [1.807, 2.05) is 0 Å². The van der Waals surface area contributed by atoms with Crippen molar-refractivity contribution in [2.75, 3.05) is 12.8 Å². The number of benzene rings is 2. The predicted molar refractivity (Wildman–Crippen MR) is 73.2 cm³/mol. The van der Waals surface area contributed by atoms with Crippen LogP contribution < -0.4 is 15.2 Å². The van der Waals surface area contributed by atoms with E-state index in [0.717, 1.165) is 12.1 Å². The summed E-state index contributed by atoms with van der Waals surface area (Å²) < 4.78 is 48.1. The highest BCUT2D eigenvalue weighted by Crippen LogP contribution is 2.31. The van der Waals surface area contributed by atoms with Crippen LogP contribution in [-0.2, 0) is 12.8 Å². The second-order valence-electron chi connectivity index (χ2n) is 4.38. The minimum atomic E-state index is -4.39. The Labute approximate surface area is 120 Å². The van der Waals surface area contributed by atoms with E-state index in [2.05, 4.69) is 0 Å². The number of rotatable bonds is 4. The minimum absolute atomic E-state index is 0.0805. The van der Waals surface area contributed by atoms with Crippen LogP contribution in [0, 0.1) is 0 Å². The lowest BCUT2D eigenvalue weighted by molar-refractivity contribution is -0.137. The van der Waals surface area contributed by atoms with Crippen LogP contribution in [0.15, 0.2) is 42.5 Å². The number of nitrogens with two attached hydrogens (primary N) is 1. The molecule has 0 amide bonds. The van der Waals surface area contributed by atoms with Gasteiger partial charge in [-0.05, 0) is 30.3 Å². The molecule has 0 radical (unpaired) electrons. The summed E-state index contributed by atoms with van der Waals surface area (Å²) in [4.78, 5) is 0. The number of methoxy groups -OCH3 is 1. The van der Waals surface area contributed by atoms with Crippen molar-refractivity contribution in [2.45, 2.75) is 12.8 Å². The fourth-order valence-electron chi connectivity index (χ4n) is 1.75. The van der Waals surface area contributed by atoms with Crippen molar-refractivity contribution in [1.82, 2.24) is 0 Å². The number of anilines is 1. The maximum Gasteiger partial charge on any atom is 0.416 e. The van der Waals surface area contributed by atoms with Gasteiger partial charge in [-0.25, -0.2) is 0 Å². The van der Waals surface area contributed by atoms with Crippen molar-refractivity contribution in [1.29, 1.82) is 0 Å². The maximum absolute atomic E-state index is 12.6. The number of hydrogen-bond donors (Lipinski definition) is 1. The number of nitrogen functional groups attached to an aromatic ring is 1. The summed E-state index contributed by atoms with van der Waals surface area (Å²) in [6.45, 7) is 0.0805. The van der Waals surface area contributed by atoms with Crippen molar-refractivity contribution in [2.24, 2.45) is 0 Å². The van der Waals surface area contributed by atoms with Crippen LogP contribution in [-0.4, -0.2) is 7.11 Å². The summed E-state index contributed by atoms with van der Waals surface area (Å²) in [6, 6.07) is 9.77. The molecule has 0 fully saturated rings. The largest absolute Gasteiger partial charge is 0.497 e. The molecule has 0 saturated carbocycles. The van der Waals surface area contributed by atoms with Gasteiger partial charge in [0.05, 0.1) is 12.7 Å². The van der Waals surface area contributed by atoms with E-state index in [9.17, 15) is 13.2 Å². The van der Waals surface area contributed by atoms with Gasteiger partial charge >= 0.3 is 6.18 Å². The SMILES string of the molecule is COc1ccc(COc2cccc(C(F)(F)F)c2)c(N)c1. The summed E-state index contributed by atoms with van der Waals surface area (Å²) in [7, 11) is 1.52. The first kappa shape index (κ1) is 15.0. The van der Waals surface area contributed by atoms with Gasteiger partial charge in [0.15, 0.2) is 0 Å². The molecule has 0 aliphatic heterocycles. The van der Waals surface area contributed by atoms with Gasteiger partial charge in [-0.2, -0.15) is 13.2 Å². The molecule has 2 aromatic rings. The van der Waals surface area contributed by atoms with E-state index in [1.165, 1.54) is 19.2 Å². The second-order valence-corrected chi connectivity index (χ2v) is 4.38. The molecule has 0 bridgehead atoms. The molecule has 0 unspecified atom stereocenters. The van der Waals surface area contributed by atoms with Gasteiger partial charge in [0.1, 0.15) is 18.1 Å². The molecule has 6 heteroatoms. The smallest absolute Gasteiger partial charge is 0.416 e. The molecule has 21 heavy (non-hydrogen) atoms. The van der Waals surface area contributed by atoms with E-state index in [1.54, 1.807) is 18.2 Å². The first-order chi connectivity index (χ1) is 9.90. The van der Waals surface area contributed by atoms with Crippen LogP contribution in [0.4, 0.5) is 18.9 Å². The Morgan fingerprint density at radius 2 is 1.81 bits per heavy atom. The Morgan fingerprint density at radius 1 is 1.05 bits per heavy atom. The van der Waals surface area contributed by atoms with Crippen LogP contribution in [0.5, 0.6) is 11.5 Å². The fourth-order valence-corrected chi connectivity index (χ4v) is 1.75. The topological polar surface area (TPSA) is 44.5 Å². The van der Waals surface area contributed by atoms with Crippen LogP contribution in [0.2, 0.25) is 0 Å². The van der Waals surface area contributed by atoms with Crippen molar-refractivity contribution in [3.05, 3.63) is 53.6 Å². The van der Waals surface area contributed by atoms with E-state index >= 15 is 0 Å². The molecule has 0 saturated heterocycles. The van der Waals surface area contributed by atoms with E-state index in [-0.39, 0.29) is 12.4 Å². The van der Waals surface area contributed by atoms with Crippen LogP contribution in [0.1, 0.15) is 11.1 Å². The van der Waals surface area contributed by atoms with Gasteiger partial charge in [0, 0.05) is 17.3 Å². The molecule has 0 aliphatic carbocycles. The molecule has 0 atom stereocenters. The first-order valence-electron chi connectivity index (χ1n) is 6.12. The Bertz CT molecular complexity index is 627. The zero-order valence-corrected chi connectivity index (χ0v) is 11.3. The van der Waals surface area contributed by atoms with Gasteiger partial charge in [-0.3, -0.25) is 0 Å². The zero-order chi connectivity index (χ0) is 15.5. The van der Waals surface area contributed by atoms with Gasteiger partial charge in [-0.1, -0.05) is 6.07 Å². The van der Waals surface area contributed by atoms with Gasteiger partial charge in [0.2, 0.25) is 0 Å². The van der Waals surface area contributed by atoms with E-state index in [4.69, 9.17) is 15.2 Å². The molecule has 112 valence electrons. The Balaban J connectivity index is 2.10. The lowest BCUT2D eigenvalue weighted by Crippen LogP contribution is -2.05. The van der Waals surface area contributed by atoms with Crippen LogP contribution in [0.25, 0.3) is 0 Å². The average molecular weight is 297 g/mol. The number of alkyl halides is 3. The maximum atomic E-state index is 12.6. The molecular weight excluding hydrogens is 283 g/mol. The fraction of sp³-hybridized carbons (Fsp3) is 0.200. The van der Waals surface area contributed by atoms with Gasteiger partial charge in [-0.15, -0.1) is 0 Å². The predicted octanol–water partition coefficient (Wildman–Crippen LogP) is 3.88. The normalized spacial score (nSPS) is 11.2. The lowest BCUT2D eigenvalue weighted by Gasteiger charge is -2.12. The molecular formula is C15H14F3NO2.